The van der Waals surface area contributed by atoms with Gasteiger partial charge in [-0.3, -0.25) is 9.59 Å². The van der Waals surface area contributed by atoms with Gasteiger partial charge in [0.15, 0.2) is 0 Å². The number of carbonyl (C=O) groups excluding carboxylic acids is 2. The van der Waals surface area contributed by atoms with E-state index >= 15 is 0 Å². The highest BCUT2D eigenvalue weighted by Crippen LogP contribution is 2.24. The quantitative estimate of drug-likeness (QED) is 0.637. The number of benzene rings is 3. The van der Waals surface area contributed by atoms with Gasteiger partial charge in [-0.1, -0.05) is 54.1 Å². The summed E-state index contributed by atoms with van der Waals surface area (Å²) >= 11 is 5.76. The molecule has 1 aliphatic heterocycles. The van der Waals surface area contributed by atoms with Crippen LogP contribution in [0.25, 0.3) is 10.8 Å². The van der Waals surface area contributed by atoms with E-state index < -0.39 is 5.82 Å². The smallest absolute Gasteiger partial charge is 0.229 e. The molecule has 1 fully saturated rings. The van der Waals surface area contributed by atoms with Crippen molar-refractivity contribution in [2.45, 2.75) is 19.3 Å². The van der Waals surface area contributed by atoms with Crippen molar-refractivity contribution in [3.63, 3.8) is 0 Å². The molecule has 1 aliphatic rings. The molecule has 0 saturated carbocycles. The first-order valence-electron chi connectivity index (χ1n) is 10.0. The van der Waals surface area contributed by atoms with E-state index in [0.717, 1.165) is 28.8 Å². The third-order valence-electron chi connectivity index (χ3n) is 5.56. The lowest BCUT2D eigenvalue weighted by molar-refractivity contribution is -0.133. The monoisotopic (exact) mass is 424 g/mol. The van der Waals surface area contributed by atoms with Crippen LogP contribution in [0.15, 0.2) is 60.7 Å². The molecule has 0 spiro atoms. The lowest BCUT2D eigenvalue weighted by Crippen LogP contribution is -2.44. The molecule has 4 nitrogen and oxygen atoms in total. The Balaban J connectivity index is 1.43. The Morgan fingerprint density at radius 1 is 1.10 bits per heavy atom. The van der Waals surface area contributed by atoms with E-state index in [4.69, 9.17) is 11.6 Å². The number of nitrogens with zero attached hydrogens (tertiary/aromatic N) is 1. The Morgan fingerprint density at radius 2 is 1.90 bits per heavy atom. The Hall–Kier alpha value is -2.92. The summed E-state index contributed by atoms with van der Waals surface area (Å²) in [6, 6.07) is 18.1. The molecular weight excluding hydrogens is 403 g/mol. The maximum atomic E-state index is 14.0. The van der Waals surface area contributed by atoms with Crippen molar-refractivity contribution in [3.05, 3.63) is 77.1 Å². The van der Waals surface area contributed by atoms with Gasteiger partial charge in [0.25, 0.3) is 0 Å². The van der Waals surface area contributed by atoms with Crippen LogP contribution in [0.5, 0.6) is 0 Å². The number of fused-ring (bicyclic) bond motifs is 1. The largest absolute Gasteiger partial charge is 0.342 e. The minimum Gasteiger partial charge on any atom is -0.342 e. The molecule has 3 aromatic carbocycles. The van der Waals surface area contributed by atoms with E-state index in [1.165, 1.54) is 12.1 Å². The summed E-state index contributed by atoms with van der Waals surface area (Å²) in [5.74, 6) is -1.22. The Kier molecular flexibility index (Phi) is 6.00. The van der Waals surface area contributed by atoms with Crippen molar-refractivity contribution in [2.24, 2.45) is 5.92 Å². The molecule has 3 aromatic rings. The fraction of sp³-hybridized carbons (Fsp3) is 0.250. The summed E-state index contributed by atoms with van der Waals surface area (Å²) in [5.41, 5.74) is 1.08. The van der Waals surface area contributed by atoms with Crippen LogP contribution >= 0.6 is 11.6 Å². The van der Waals surface area contributed by atoms with Crippen LogP contribution in [0, 0.1) is 11.7 Å². The van der Waals surface area contributed by atoms with Crippen molar-refractivity contribution < 1.29 is 14.0 Å². The molecule has 0 bridgehead atoms. The zero-order valence-electron chi connectivity index (χ0n) is 16.4. The molecule has 0 aromatic heterocycles. The van der Waals surface area contributed by atoms with Crippen LogP contribution in [0.1, 0.15) is 18.4 Å². The maximum absolute atomic E-state index is 14.0. The number of hydrogen-bond acceptors (Lipinski definition) is 2. The standard InChI is InChI=1S/C24H22ClFN2O2/c25-19-10-11-22(21(26)14-19)27-24(30)18-8-4-12-28(15-18)23(29)13-17-7-3-6-16-5-1-2-9-20(16)17/h1-3,5-7,9-11,14,18H,4,8,12-13,15H2,(H,27,30)/t18-/m0/s1. The molecule has 4 rings (SSSR count). The van der Waals surface area contributed by atoms with Gasteiger partial charge in [0.2, 0.25) is 11.8 Å². The summed E-state index contributed by atoms with van der Waals surface area (Å²) < 4.78 is 14.0. The third kappa shape index (κ3) is 4.46. The van der Waals surface area contributed by atoms with Crippen LogP contribution in [-0.4, -0.2) is 29.8 Å². The average molecular weight is 425 g/mol. The van der Waals surface area contributed by atoms with Gasteiger partial charge in [-0.15, -0.1) is 0 Å². The number of hydrogen-bond donors (Lipinski definition) is 1. The highest BCUT2D eigenvalue weighted by molar-refractivity contribution is 6.30. The Morgan fingerprint density at radius 3 is 2.73 bits per heavy atom. The van der Waals surface area contributed by atoms with Gasteiger partial charge in [-0.05, 0) is 47.4 Å². The number of piperidine rings is 1. The van der Waals surface area contributed by atoms with Crippen molar-refractivity contribution in [1.29, 1.82) is 0 Å². The SMILES string of the molecule is O=C(Nc1ccc(Cl)cc1F)[C@H]1CCCN(C(=O)Cc2cccc3ccccc23)C1. The molecule has 1 heterocycles. The lowest BCUT2D eigenvalue weighted by atomic mass is 9.95. The highest BCUT2D eigenvalue weighted by Gasteiger charge is 2.29. The predicted molar refractivity (Wildman–Crippen MR) is 117 cm³/mol. The van der Waals surface area contributed by atoms with Crippen LogP contribution in [0.3, 0.4) is 0 Å². The molecule has 1 N–H and O–H groups in total. The summed E-state index contributed by atoms with van der Waals surface area (Å²) in [6.45, 7) is 0.966. The molecule has 30 heavy (non-hydrogen) atoms. The van der Waals surface area contributed by atoms with Gasteiger partial charge in [0.1, 0.15) is 5.82 Å². The number of halogens is 2. The normalized spacial score (nSPS) is 16.5. The van der Waals surface area contributed by atoms with Crippen molar-refractivity contribution in [3.8, 4) is 0 Å². The molecule has 0 radical (unpaired) electrons. The van der Waals surface area contributed by atoms with Crippen molar-refractivity contribution >= 4 is 39.9 Å². The van der Waals surface area contributed by atoms with Gasteiger partial charge in [-0.2, -0.15) is 0 Å². The van der Waals surface area contributed by atoms with Crippen molar-refractivity contribution in [1.82, 2.24) is 4.90 Å². The zero-order valence-corrected chi connectivity index (χ0v) is 17.2. The topological polar surface area (TPSA) is 49.4 Å². The minimum atomic E-state index is -0.574. The number of rotatable bonds is 4. The molecule has 154 valence electrons. The molecule has 0 unspecified atom stereocenters. The van der Waals surface area contributed by atoms with E-state index in [1.807, 2.05) is 42.5 Å². The number of carbonyl (C=O) groups is 2. The third-order valence-corrected chi connectivity index (χ3v) is 5.79. The Bertz CT molecular complexity index is 1100. The van der Waals surface area contributed by atoms with Gasteiger partial charge >= 0.3 is 0 Å². The summed E-state index contributed by atoms with van der Waals surface area (Å²) in [5, 5.41) is 5.07. The molecule has 6 heteroatoms. The predicted octanol–water partition coefficient (Wildman–Crippen LogP) is 5.05. The first-order valence-corrected chi connectivity index (χ1v) is 10.4. The van der Waals surface area contributed by atoms with Crippen LogP contribution in [0.2, 0.25) is 5.02 Å². The van der Waals surface area contributed by atoms with Crippen LogP contribution in [0.4, 0.5) is 10.1 Å². The van der Waals surface area contributed by atoms with Crippen molar-refractivity contribution in [2.75, 3.05) is 18.4 Å². The first-order chi connectivity index (χ1) is 14.5. The number of amides is 2. The first kappa shape index (κ1) is 20.4. The number of likely N-dealkylation sites (tertiary alicyclic amines) is 1. The second-order valence-corrected chi connectivity index (χ2v) is 8.04. The fourth-order valence-corrected chi connectivity index (χ4v) is 4.12. The van der Waals surface area contributed by atoms with Crippen LogP contribution in [-0.2, 0) is 16.0 Å². The highest BCUT2D eigenvalue weighted by atomic mass is 35.5. The van der Waals surface area contributed by atoms with E-state index in [2.05, 4.69) is 5.32 Å². The van der Waals surface area contributed by atoms with Gasteiger partial charge in [0, 0.05) is 18.1 Å². The van der Waals surface area contributed by atoms with E-state index in [-0.39, 0.29) is 28.4 Å². The van der Waals surface area contributed by atoms with Gasteiger partial charge in [0.05, 0.1) is 18.0 Å². The molecule has 2 amide bonds. The zero-order chi connectivity index (χ0) is 21.1. The number of anilines is 1. The molecule has 1 saturated heterocycles. The fourth-order valence-electron chi connectivity index (χ4n) is 3.96. The summed E-state index contributed by atoms with van der Waals surface area (Å²) in [7, 11) is 0. The summed E-state index contributed by atoms with van der Waals surface area (Å²) in [6.07, 6.45) is 1.70. The number of nitrogens with one attached hydrogen (secondary N) is 1. The molecule has 1 atom stereocenters. The molecule has 0 aliphatic carbocycles. The Labute approximate surface area is 179 Å². The van der Waals surface area contributed by atoms with Crippen LogP contribution < -0.4 is 5.32 Å². The average Bonchev–Trinajstić information content (AvgIpc) is 2.76. The van der Waals surface area contributed by atoms with Gasteiger partial charge in [-0.25, -0.2) is 4.39 Å². The van der Waals surface area contributed by atoms with E-state index in [9.17, 15) is 14.0 Å². The lowest BCUT2D eigenvalue weighted by Gasteiger charge is -2.32. The maximum Gasteiger partial charge on any atom is 0.229 e. The van der Waals surface area contributed by atoms with E-state index in [0.29, 0.717) is 25.9 Å². The molecular formula is C24H22ClFN2O2. The van der Waals surface area contributed by atoms with E-state index in [1.54, 1.807) is 4.90 Å². The second-order valence-electron chi connectivity index (χ2n) is 7.61. The summed E-state index contributed by atoms with van der Waals surface area (Å²) in [4.78, 5) is 27.3. The second kappa shape index (κ2) is 8.84. The minimum absolute atomic E-state index is 0.00141. The van der Waals surface area contributed by atoms with Gasteiger partial charge < -0.3 is 10.2 Å².